The molecule has 1 atom stereocenters. The molecule has 0 saturated heterocycles. The fourth-order valence-corrected chi connectivity index (χ4v) is 0.644. The predicted octanol–water partition coefficient (Wildman–Crippen LogP) is 1.88. The van der Waals surface area contributed by atoms with Gasteiger partial charge in [-0.1, -0.05) is 20.3 Å². The normalized spacial score (nSPS) is 14.8. The molecule has 0 aliphatic heterocycles. The molecule has 0 aromatic rings. The van der Waals surface area contributed by atoms with Crippen LogP contribution in [-0.4, -0.2) is 11.4 Å². The average Bonchev–Trinajstić information content (AvgIpc) is 1.68. The van der Waals surface area contributed by atoms with Gasteiger partial charge in [-0.2, -0.15) is 0 Å². The predicted molar refractivity (Wildman–Crippen MR) is 34.4 cm³/mol. The van der Waals surface area contributed by atoms with Crippen molar-refractivity contribution in [2.45, 2.75) is 26.7 Å². The SMILES string of the molecule is CCC[C@@H](C)C=NO. The molecule has 0 spiro atoms. The van der Waals surface area contributed by atoms with E-state index in [0.29, 0.717) is 5.92 Å². The summed E-state index contributed by atoms with van der Waals surface area (Å²) < 4.78 is 0. The van der Waals surface area contributed by atoms with Gasteiger partial charge in [-0.15, -0.1) is 5.16 Å². The van der Waals surface area contributed by atoms with Gasteiger partial charge in [0.2, 0.25) is 0 Å². The summed E-state index contributed by atoms with van der Waals surface area (Å²) in [7, 11) is 0. The quantitative estimate of drug-likeness (QED) is 0.340. The minimum absolute atomic E-state index is 0.421. The second kappa shape index (κ2) is 4.62. The Kier molecular flexibility index (Phi) is 4.32. The van der Waals surface area contributed by atoms with Crippen molar-refractivity contribution in [3.8, 4) is 0 Å². The van der Waals surface area contributed by atoms with E-state index < -0.39 is 0 Å². The Labute approximate surface area is 50.2 Å². The molecule has 1 N–H and O–H groups in total. The Morgan fingerprint density at radius 3 is 2.75 bits per heavy atom. The summed E-state index contributed by atoms with van der Waals surface area (Å²) in [6, 6.07) is 0. The van der Waals surface area contributed by atoms with Crippen LogP contribution in [-0.2, 0) is 0 Å². The van der Waals surface area contributed by atoms with Crippen molar-refractivity contribution in [1.82, 2.24) is 0 Å². The molecule has 2 nitrogen and oxygen atoms in total. The van der Waals surface area contributed by atoms with Crippen molar-refractivity contribution < 1.29 is 5.21 Å². The fraction of sp³-hybridized carbons (Fsp3) is 0.833. The van der Waals surface area contributed by atoms with E-state index in [0.717, 1.165) is 12.8 Å². The highest BCUT2D eigenvalue weighted by atomic mass is 16.4. The third-order valence-electron chi connectivity index (χ3n) is 1.07. The molecule has 0 aromatic heterocycles. The molecule has 0 heterocycles. The number of rotatable bonds is 3. The standard InChI is InChI=1S/C6H13NO/c1-3-4-6(2)5-7-8/h5-6,8H,3-4H2,1-2H3/t6-/m1/s1. The van der Waals surface area contributed by atoms with Crippen LogP contribution in [0.2, 0.25) is 0 Å². The third kappa shape index (κ3) is 3.65. The Hall–Kier alpha value is -0.530. The molecule has 0 aliphatic rings. The molecule has 0 radical (unpaired) electrons. The van der Waals surface area contributed by atoms with Crippen molar-refractivity contribution in [2.24, 2.45) is 11.1 Å². The Morgan fingerprint density at radius 1 is 1.75 bits per heavy atom. The Balaban J connectivity index is 3.17. The number of hydrogen-bond acceptors (Lipinski definition) is 2. The van der Waals surface area contributed by atoms with Crippen LogP contribution in [0.3, 0.4) is 0 Å². The lowest BCUT2D eigenvalue weighted by atomic mass is 10.1. The Bertz CT molecular complexity index is 70.9. The van der Waals surface area contributed by atoms with Crippen LogP contribution in [0.15, 0.2) is 5.16 Å². The molecule has 0 amide bonds. The highest BCUT2D eigenvalue weighted by Gasteiger charge is 1.92. The summed E-state index contributed by atoms with van der Waals surface area (Å²) in [5, 5.41) is 11.0. The van der Waals surface area contributed by atoms with E-state index in [9.17, 15) is 0 Å². The number of hydrogen-bond donors (Lipinski definition) is 1. The zero-order valence-corrected chi connectivity index (χ0v) is 5.46. The van der Waals surface area contributed by atoms with E-state index in [1.54, 1.807) is 6.21 Å². The topological polar surface area (TPSA) is 32.6 Å². The maximum Gasteiger partial charge on any atom is 0.0464 e. The van der Waals surface area contributed by atoms with Crippen LogP contribution in [0.1, 0.15) is 26.7 Å². The van der Waals surface area contributed by atoms with E-state index in [4.69, 9.17) is 5.21 Å². The van der Waals surface area contributed by atoms with Gasteiger partial charge in [0.15, 0.2) is 0 Å². The molecular formula is C6H13NO. The first-order chi connectivity index (χ1) is 3.81. The number of oxime groups is 1. The lowest BCUT2D eigenvalue weighted by Crippen LogP contribution is -1.93. The minimum atomic E-state index is 0.421. The van der Waals surface area contributed by atoms with Crippen molar-refractivity contribution in [3.63, 3.8) is 0 Å². The van der Waals surface area contributed by atoms with Crippen LogP contribution in [0.5, 0.6) is 0 Å². The second-order valence-corrected chi connectivity index (χ2v) is 2.03. The van der Waals surface area contributed by atoms with Crippen molar-refractivity contribution in [3.05, 3.63) is 0 Å². The van der Waals surface area contributed by atoms with Gasteiger partial charge in [-0.25, -0.2) is 0 Å². The zero-order valence-electron chi connectivity index (χ0n) is 5.46. The molecule has 0 unspecified atom stereocenters. The van der Waals surface area contributed by atoms with Gasteiger partial charge in [0.25, 0.3) is 0 Å². The van der Waals surface area contributed by atoms with E-state index in [2.05, 4.69) is 12.1 Å². The maximum absolute atomic E-state index is 8.03. The number of nitrogens with zero attached hydrogens (tertiary/aromatic N) is 1. The van der Waals surface area contributed by atoms with Crippen molar-refractivity contribution in [2.75, 3.05) is 0 Å². The van der Waals surface area contributed by atoms with Crippen LogP contribution >= 0.6 is 0 Å². The minimum Gasteiger partial charge on any atom is -0.411 e. The molecule has 0 aromatic carbocycles. The van der Waals surface area contributed by atoms with Gasteiger partial charge in [-0.05, 0) is 12.3 Å². The summed E-state index contributed by atoms with van der Waals surface area (Å²) >= 11 is 0. The molecule has 0 fully saturated rings. The van der Waals surface area contributed by atoms with Gasteiger partial charge >= 0.3 is 0 Å². The summed E-state index contributed by atoms with van der Waals surface area (Å²) in [5.41, 5.74) is 0. The summed E-state index contributed by atoms with van der Waals surface area (Å²) in [6.07, 6.45) is 3.81. The van der Waals surface area contributed by atoms with Gasteiger partial charge < -0.3 is 5.21 Å². The van der Waals surface area contributed by atoms with E-state index in [1.165, 1.54) is 0 Å². The highest BCUT2D eigenvalue weighted by molar-refractivity contribution is 5.58. The molecule has 8 heavy (non-hydrogen) atoms. The molecule has 0 bridgehead atoms. The van der Waals surface area contributed by atoms with E-state index in [-0.39, 0.29) is 0 Å². The zero-order chi connectivity index (χ0) is 6.41. The molecule has 0 rings (SSSR count). The first-order valence-corrected chi connectivity index (χ1v) is 2.98. The molecule has 0 saturated carbocycles. The first kappa shape index (κ1) is 7.47. The van der Waals surface area contributed by atoms with Crippen LogP contribution in [0.4, 0.5) is 0 Å². The maximum atomic E-state index is 8.03. The average molecular weight is 115 g/mol. The second-order valence-electron chi connectivity index (χ2n) is 2.03. The van der Waals surface area contributed by atoms with Crippen LogP contribution in [0, 0.1) is 5.92 Å². The Morgan fingerprint density at radius 2 is 2.38 bits per heavy atom. The third-order valence-corrected chi connectivity index (χ3v) is 1.07. The summed E-state index contributed by atoms with van der Waals surface area (Å²) in [6.45, 7) is 4.14. The van der Waals surface area contributed by atoms with Gasteiger partial charge in [0.05, 0.1) is 0 Å². The molecule has 2 heteroatoms. The molecule has 48 valence electrons. The molecular weight excluding hydrogens is 102 g/mol. The first-order valence-electron chi connectivity index (χ1n) is 2.98. The highest BCUT2D eigenvalue weighted by Crippen LogP contribution is 1.99. The van der Waals surface area contributed by atoms with Crippen molar-refractivity contribution in [1.29, 1.82) is 0 Å². The van der Waals surface area contributed by atoms with Crippen LogP contribution < -0.4 is 0 Å². The van der Waals surface area contributed by atoms with Crippen LogP contribution in [0.25, 0.3) is 0 Å². The van der Waals surface area contributed by atoms with Gasteiger partial charge in [0.1, 0.15) is 0 Å². The lowest BCUT2D eigenvalue weighted by Gasteiger charge is -1.97. The molecule has 0 aliphatic carbocycles. The fourth-order valence-electron chi connectivity index (χ4n) is 0.644. The van der Waals surface area contributed by atoms with Gasteiger partial charge in [-0.3, -0.25) is 0 Å². The van der Waals surface area contributed by atoms with E-state index >= 15 is 0 Å². The smallest absolute Gasteiger partial charge is 0.0464 e. The summed E-state index contributed by atoms with van der Waals surface area (Å²) in [4.78, 5) is 0. The van der Waals surface area contributed by atoms with Crippen molar-refractivity contribution >= 4 is 6.21 Å². The largest absolute Gasteiger partial charge is 0.411 e. The monoisotopic (exact) mass is 115 g/mol. The van der Waals surface area contributed by atoms with Gasteiger partial charge in [0, 0.05) is 6.21 Å². The van der Waals surface area contributed by atoms with E-state index in [1.807, 2.05) is 6.92 Å². The summed E-state index contributed by atoms with van der Waals surface area (Å²) in [5.74, 6) is 0.421. The lowest BCUT2D eigenvalue weighted by molar-refractivity contribution is 0.318.